The van der Waals surface area contributed by atoms with E-state index in [9.17, 15) is 22.0 Å². The third-order valence-electron chi connectivity index (χ3n) is 3.84. The van der Waals surface area contributed by atoms with Crippen molar-refractivity contribution in [2.75, 3.05) is 23.7 Å². The second-order valence-corrected chi connectivity index (χ2v) is 7.51. The predicted molar refractivity (Wildman–Crippen MR) is 96.6 cm³/mol. The van der Waals surface area contributed by atoms with Crippen LogP contribution in [-0.4, -0.2) is 45.4 Å². The quantitative estimate of drug-likeness (QED) is 0.630. The molecule has 0 aliphatic carbocycles. The van der Waals surface area contributed by atoms with Crippen molar-refractivity contribution < 1.29 is 26.7 Å². The standard InChI is InChI=1S/C15H21F2N3O4S.ClH/c1-2-19-11-5-4-10(25(22,23)15(16)17)7-12(11)20-14(21)13-6-3-9(8-18)24-13;/h4-5,7,9,13,15,19H,2-3,6,8,18H2,1H3,(H,20,21);1H/t9-,13+;/m1./s1. The Hall–Kier alpha value is -1.49. The van der Waals surface area contributed by atoms with Gasteiger partial charge in [-0.15, -0.1) is 12.4 Å². The van der Waals surface area contributed by atoms with E-state index >= 15 is 0 Å². The zero-order valence-corrected chi connectivity index (χ0v) is 15.7. The molecule has 1 aliphatic rings. The Labute approximate surface area is 157 Å². The summed E-state index contributed by atoms with van der Waals surface area (Å²) in [5, 5.41) is 5.50. The van der Waals surface area contributed by atoms with Crippen LogP contribution < -0.4 is 16.4 Å². The summed E-state index contributed by atoms with van der Waals surface area (Å²) < 4.78 is 54.3. The average Bonchev–Trinajstić information content (AvgIpc) is 3.05. The minimum absolute atomic E-state index is 0. The maximum atomic E-state index is 12.7. The fraction of sp³-hybridized carbons (Fsp3) is 0.533. The van der Waals surface area contributed by atoms with Crippen molar-refractivity contribution in [3.05, 3.63) is 18.2 Å². The number of nitrogens with two attached hydrogens (primary N) is 1. The van der Waals surface area contributed by atoms with Gasteiger partial charge in [-0.3, -0.25) is 4.79 Å². The van der Waals surface area contributed by atoms with E-state index < -0.39 is 32.5 Å². The number of rotatable bonds is 7. The summed E-state index contributed by atoms with van der Waals surface area (Å²) in [5.74, 6) is -4.01. The number of carbonyl (C=O) groups excluding carboxylic acids is 1. The molecule has 0 bridgehead atoms. The number of alkyl halides is 2. The van der Waals surface area contributed by atoms with Crippen LogP contribution in [0.4, 0.5) is 20.2 Å². The van der Waals surface area contributed by atoms with Gasteiger partial charge in [-0.25, -0.2) is 8.42 Å². The number of amides is 1. The number of benzene rings is 1. The molecule has 0 radical (unpaired) electrons. The van der Waals surface area contributed by atoms with Crippen LogP contribution in [0.5, 0.6) is 0 Å². The first-order valence-electron chi connectivity index (χ1n) is 7.86. The Balaban J connectivity index is 0.00000338. The number of sulfone groups is 1. The first-order chi connectivity index (χ1) is 11.8. The summed E-state index contributed by atoms with van der Waals surface area (Å²) in [4.78, 5) is 11.8. The molecule has 0 spiro atoms. The van der Waals surface area contributed by atoms with Crippen LogP contribution in [0.3, 0.4) is 0 Å². The van der Waals surface area contributed by atoms with Gasteiger partial charge in [0.15, 0.2) is 0 Å². The van der Waals surface area contributed by atoms with Crippen molar-refractivity contribution in [2.45, 2.75) is 42.6 Å². The van der Waals surface area contributed by atoms with E-state index in [1.807, 2.05) is 0 Å². The topological polar surface area (TPSA) is 111 Å². The number of hydrogen-bond acceptors (Lipinski definition) is 6. The molecule has 1 aliphatic heterocycles. The molecule has 0 saturated carbocycles. The molecular formula is C15H22ClF2N3O4S. The van der Waals surface area contributed by atoms with Crippen LogP contribution in [0.1, 0.15) is 19.8 Å². The smallest absolute Gasteiger partial charge is 0.341 e. The Bertz CT molecular complexity index is 734. The molecule has 1 saturated heterocycles. The summed E-state index contributed by atoms with van der Waals surface area (Å²) in [6, 6.07) is 3.44. The lowest BCUT2D eigenvalue weighted by molar-refractivity contribution is -0.126. The fourth-order valence-corrected chi connectivity index (χ4v) is 3.28. The average molecular weight is 414 g/mol. The van der Waals surface area contributed by atoms with Gasteiger partial charge < -0.3 is 21.1 Å². The van der Waals surface area contributed by atoms with Gasteiger partial charge in [-0.1, -0.05) is 0 Å². The monoisotopic (exact) mass is 413 g/mol. The molecule has 7 nitrogen and oxygen atoms in total. The minimum atomic E-state index is -4.76. The maximum Gasteiger partial charge on any atom is 0.341 e. The van der Waals surface area contributed by atoms with E-state index in [0.717, 1.165) is 12.1 Å². The van der Waals surface area contributed by atoms with Gasteiger partial charge in [0.25, 0.3) is 5.91 Å². The van der Waals surface area contributed by atoms with Crippen molar-refractivity contribution in [3.63, 3.8) is 0 Å². The van der Waals surface area contributed by atoms with Crippen molar-refractivity contribution in [2.24, 2.45) is 5.73 Å². The molecule has 26 heavy (non-hydrogen) atoms. The highest BCUT2D eigenvalue weighted by atomic mass is 35.5. The summed E-state index contributed by atoms with van der Waals surface area (Å²) in [7, 11) is -4.76. The van der Waals surface area contributed by atoms with E-state index in [1.54, 1.807) is 6.92 Å². The highest BCUT2D eigenvalue weighted by Gasteiger charge is 2.31. The van der Waals surface area contributed by atoms with E-state index in [4.69, 9.17) is 10.5 Å². The van der Waals surface area contributed by atoms with E-state index in [1.165, 1.54) is 6.07 Å². The van der Waals surface area contributed by atoms with Gasteiger partial charge in [-0.2, -0.15) is 8.78 Å². The van der Waals surface area contributed by atoms with Gasteiger partial charge in [0.1, 0.15) is 6.10 Å². The number of ether oxygens (including phenoxy) is 1. The maximum absolute atomic E-state index is 12.7. The van der Waals surface area contributed by atoms with Gasteiger partial charge in [-0.05, 0) is 38.0 Å². The highest BCUT2D eigenvalue weighted by Crippen LogP contribution is 2.29. The number of nitrogens with one attached hydrogen (secondary N) is 2. The molecule has 1 amide bonds. The molecule has 4 N–H and O–H groups in total. The van der Waals surface area contributed by atoms with Crippen LogP contribution >= 0.6 is 12.4 Å². The summed E-state index contributed by atoms with van der Waals surface area (Å²) in [5.41, 5.74) is 6.04. The zero-order valence-electron chi connectivity index (χ0n) is 14.1. The van der Waals surface area contributed by atoms with Crippen molar-refractivity contribution in [1.29, 1.82) is 0 Å². The molecule has 148 valence electrons. The molecule has 11 heteroatoms. The van der Waals surface area contributed by atoms with Crippen LogP contribution in [0.2, 0.25) is 0 Å². The lowest BCUT2D eigenvalue weighted by Crippen LogP contribution is -2.30. The second kappa shape index (κ2) is 9.45. The van der Waals surface area contributed by atoms with Crippen LogP contribution in [0.25, 0.3) is 0 Å². The van der Waals surface area contributed by atoms with Crippen molar-refractivity contribution in [3.8, 4) is 0 Å². The minimum Gasteiger partial charge on any atom is -0.384 e. The Kier molecular flexibility index (Phi) is 8.19. The van der Waals surface area contributed by atoms with Crippen LogP contribution in [0.15, 0.2) is 23.1 Å². The van der Waals surface area contributed by atoms with E-state index in [0.29, 0.717) is 31.6 Å². The molecule has 0 unspecified atom stereocenters. The Morgan fingerprint density at radius 2 is 2.04 bits per heavy atom. The largest absolute Gasteiger partial charge is 0.384 e. The highest BCUT2D eigenvalue weighted by molar-refractivity contribution is 7.91. The van der Waals surface area contributed by atoms with Crippen LogP contribution in [0, 0.1) is 0 Å². The van der Waals surface area contributed by atoms with E-state index in [-0.39, 0.29) is 24.2 Å². The Morgan fingerprint density at radius 1 is 1.35 bits per heavy atom. The number of carbonyl (C=O) groups is 1. The number of halogens is 3. The van der Waals surface area contributed by atoms with Gasteiger partial charge in [0, 0.05) is 13.1 Å². The van der Waals surface area contributed by atoms with Gasteiger partial charge in [0.2, 0.25) is 9.84 Å². The van der Waals surface area contributed by atoms with Crippen molar-refractivity contribution >= 4 is 39.5 Å². The number of anilines is 2. The molecule has 1 aromatic carbocycles. The van der Waals surface area contributed by atoms with Gasteiger partial charge in [0.05, 0.1) is 22.4 Å². The third kappa shape index (κ3) is 5.03. The first-order valence-corrected chi connectivity index (χ1v) is 9.40. The molecule has 2 atom stereocenters. The molecule has 1 fully saturated rings. The molecule has 2 rings (SSSR count). The van der Waals surface area contributed by atoms with Gasteiger partial charge >= 0.3 is 5.76 Å². The third-order valence-corrected chi connectivity index (χ3v) is 5.22. The molecular weight excluding hydrogens is 392 g/mol. The van der Waals surface area contributed by atoms with Crippen LogP contribution in [-0.2, 0) is 19.4 Å². The normalized spacial score (nSPS) is 19.9. The second-order valence-electron chi connectivity index (χ2n) is 5.59. The molecule has 0 aromatic heterocycles. The van der Waals surface area contributed by atoms with Crippen molar-refractivity contribution in [1.82, 2.24) is 0 Å². The lowest BCUT2D eigenvalue weighted by atomic mass is 10.2. The summed E-state index contributed by atoms with van der Waals surface area (Å²) in [6.07, 6.45) is 0.223. The van der Waals surface area contributed by atoms with E-state index in [2.05, 4.69) is 10.6 Å². The summed E-state index contributed by atoms with van der Waals surface area (Å²) in [6.45, 7) is 2.61. The molecule has 1 aromatic rings. The zero-order chi connectivity index (χ0) is 18.6. The lowest BCUT2D eigenvalue weighted by Gasteiger charge is -2.17. The Morgan fingerprint density at radius 3 is 2.58 bits per heavy atom. The summed E-state index contributed by atoms with van der Waals surface area (Å²) >= 11 is 0. The molecule has 1 heterocycles. The number of hydrogen-bond donors (Lipinski definition) is 3. The fourth-order valence-electron chi connectivity index (χ4n) is 2.54. The predicted octanol–water partition coefficient (Wildman–Crippen LogP) is 1.98. The first kappa shape index (κ1) is 22.6. The SMILES string of the molecule is CCNc1ccc(S(=O)(=O)C(F)F)cc1NC(=O)[C@@H]1CC[C@H](CN)O1.Cl.